The molecule has 1 aliphatic heterocycles. The summed E-state index contributed by atoms with van der Waals surface area (Å²) < 4.78 is 0. The number of carbonyl (C=O) groups excluding carboxylic acids is 1. The highest BCUT2D eigenvalue weighted by atomic mass is 16.2. The van der Waals surface area contributed by atoms with Crippen molar-refractivity contribution < 1.29 is 4.79 Å². The number of anilines is 2. The van der Waals surface area contributed by atoms with E-state index in [1.54, 1.807) is 0 Å². The molecule has 6 heteroatoms. The molecule has 0 N–H and O–H groups in total. The summed E-state index contributed by atoms with van der Waals surface area (Å²) in [7, 11) is 5.89. The van der Waals surface area contributed by atoms with E-state index in [-0.39, 0.29) is 11.3 Å². The van der Waals surface area contributed by atoms with E-state index in [4.69, 9.17) is 0 Å². The van der Waals surface area contributed by atoms with Crippen LogP contribution in [-0.4, -0.2) is 61.6 Å². The van der Waals surface area contributed by atoms with Gasteiger partial charge in [0.1, 0.15) is 5.82 Å². The largest absolute Gasteiger partial charge is 0.363 e. The molecule has 0 spiro atoms. The smallest absolute Gasteiger partial charge is 0.227 e. The minimum absolute atomic E-state index is 0.215. The van der Waals surface area contributed by atoms with Crippen LogP contribution in [-0.2, 0) is 4.79 Å². The molecule has 6 nitrogen and oxygen atoms in total. The first-order chi connectivity index (χ1) is 11.2. The van der Waals surface area contributed by atoms with Crippen molar-refractivity contribution in [3.8, 4) is 0 Å². The van der Waals surface area contributed by atoms with E-state index in [0.29, 0.717) is 5.92 Å². The van der Waals surface area contributed by atoms with Crippen molar-refractivity contribution in [2.75, 3.05) is 50.6 Å². The standard InChI is InChI=1S/C18H31N5O/c1-18(2,3)16(24)22(6)13-14-8-11-23(12-9-14)17-19-10-7-15(20-17)21(4)5/h7,10,14H,8-9,11-13H2,1-6H3. The molecule has 0 aliphatic carbocycles. The van der Waals surface area contributed by atoms with Gasteiger partial charge in [-0.2, -0.15) is 4.98 Å². The van der Waals surface area contributed by atoms with E-state index in [1.807, 2.05) is 64.0 Å². The van der Waals surface area contributed by atoms with Gasteiger partial charge in [-0.1, -0.05) is 20.8 Å². The van der Waals surface area contributed by atoms with Gasteiger partial charge in [0.25, 0.3) is 0 Å². The van der Waals surface area contributed by atoms with E-state index >= 15 is 0 Å². The zero-order valence-electron chi connectivity index (χ0n) is 15.9. The van der Waals surface area contributed by atoms with Crippen LogP contribution in [0.1, 0.15) is 33.6 Å². The lowest BCUT2D eigenvalue weighted by atomic mass is 9.92. The molecule has 1 aromatic rings. The van der Waals surface area contributed by atoms with Gasteiger partial charge >= 0.3 is 0 Å². The Morgan fingerprint density at radius 3 is 2.42 bits per heavy atom. The summed E-state index contributed by atoms with van der Waals surface area (Å²) >= 11 is 0. The molecule has 1 amide bonds. The third-order valence-corrected chi connectivity index (χ3v) is 4.50. The van der Waals surface area contributed by atoms with Gasteiger partial charge in [-0.3, -0.25) is 4.79 Å². The third-order valence-electron chi connectivity index (χ3n) is 4.50. The Morgan fingerprint density at radius 1 is 1.25 bits per heavy atom. The van der Waals surface area contributed by atoms with Crippen molar-refractivity contribution in [3.05, 3.63) is 12.3 Å². The van der Waals surface area contributed by atoms with Crippen LogP contribution in [0.15, 0.2) is 12.3 Å². The van der Waals surface area contributed by atoms with Crippen molar-refractivity contribution in [3.63, 3.8) is 0 Å². The van der Waals surface area contributed by atoms with Crippen molar-refractivity contribution >= 4 is 17.7 Å². The monoisotopic (exact) mass is 333 g/mol. The molecule has 1 aromatic heterocycles. The average Bonchev–Trinajstić information content (AvgIpc) is 2.54. The molecule has 2 heterocycles. The van der Waals surface area contributed by atoms with Gasteiger partial charge in [0, 0.05) is 52.4 Å². The lowest BCUT2D eigenvalue weighted by molar-refractivity contribution is -0.138. The van der Waals surface area contributed by atoms with Crippen LogP contribution in [0.2, 0.25) is 0 Å². The van der Waals surface area contributed by atoms with Crippen LogP contribution >= 0.6 is 0 Å². The van der Waals surface area contributed by atoms with Gasteiger partial charge in [0.15, 0.2) is 0 Å². The molecule has 0 atom stereocenters. The minimum atomic E-state index is -0.310. The first-order valence-electron chi connectivity index (χ1n) is 8.69. The highest BCUT2D eigenvalue weighted by Gasteiger charge is 2.28. The molecule has 0 aromatic carbocycles. The van der Waals surface area contributed by atoms with Crippen LogP contribution in [0.25, 0.3) is 0 Å². The molecule has 134 valence electrons. The van der Waals surface area contributed by atoms with Crippen molar-refractivity contribution in [1.29, 1.82) is 0 Å². The fourth-order valence-electron chi connectivity index (χ4n) is 3.10. The first-order valence-corrected chi connectivity index (χ1v) is 8.69. The second-order valence-corrected chi connectivity index (χ2v) is 7.98. The Hall–Kier alpha value is -1.85. The van der Waals surface area contributed by atoms with Gasteiger partial charge in [0.05, 0.1) is 0 Å². The van der Waals surface area contributed by atoms with Crippen LogP contribution in [0, 0.1) is 11.3 Å². The Balaban J connectivity index is 1.90. The molecular weight excluding hydrogens is 302 g/mol. The summed E-state index contributed by atoms with van der Waals surface area (Å²) in [5.41, 5.74) is -0.310. The zero-order valence-corrected chi connectivity index (χ0v) is 15.9. The number of hydrogen-bond donors (Lipinski definition) is 0. The summed E-state index contributed by atoms with van der Waals surface area (Å²) in [4.78, 5) is 27.5. The second kappa shape index (κ2) is 7.36. The Kier molecular flexibility index (Phi) is 5.67. The zero-order chi connectivity index (χ0) is 17.9. The Morgan fingerprint density at radius 2 is 1.88 bits per heavy atom. The summed E-state index contributed by atoms with van der Waals surface area (Å²) in [6.07, 6.45) is 3.95. The predicted octanol–water partition coefficient (Wildman–Crippen LogP) is 2.26. The number of aromatic nitrogens is 2. The van der Waals surface area contributed by atoms with E-state index < -0.39 is 0 Å². The average molecular weight is 333 g/mol. The Labute approximate surface area is 145 Å². The fraction of sp³-hybridized carbons (Fsp3) is 0.722. The number of nitrogens with zero attached hydrogens (tertiary/aromatic N) is 5. The van der Waals surface area contributed by atoms with E-state index in [9.17, 15) is 4.79 Å². The highest BCUT2D eigenvalue weighted by Crippen LogP contribution is 2.24. The molecule has 1 aliphatic rings. The van der Waals surface area contributed by atoms with Crippen LogP contribution in [0.3, 0.4) is 0 Å². The summed E-state index contributed by atoms with van der Waals surface area (Å²) in [6, 6.07) is 1.92. The van der Waals surface area contributed by atoms with Gasteiger partial charge < -0.3 is 14.7 Å². The third kappa shape index (κ3) is 4.58. The maximum atomic E-state index is 12.3. The van der Waals surface area contributed by atoms with E-state index in [0.717, 1.165) is 44.2 Å². The Bertz CT molecular complexity index is 559. The first kappa shape index (κ1) is 18.5. The van der Waals surface area contributed by atoms with Gasteiger partial charge in [-0.25, -0.2) is 4.98 Å². The summed E-state index contributed by atoms with van der Waals surface area (Å²) in [5.74, 6) is 2.50. The molecule has 0 radical (unpaired) electrons. The number of rotatable bonds is 4. The van der Waals surface area contributed by atoms with Crippen molar-refractivity contribution in [1.82, 2.24) is 14.9 Å². The minimum Gasteiger partial charge on any atom is -0.363 e. The number of amides is 1. The van der Waals surface area contributed by atoms with Crippen LogP contribution < -0.4 is 9.80 Å². The van der Waals surface area contributed by atoms with Crippen LogP contribution in [0.5, 0.6) is 0 Å². The maximum absolute atomic E-state index is 12.3. The van der Waals surface area contributed by atoms with E-state index in [2.05, 4.69) is 14.9 Å². The molecule has 0 bridgehead atoms. The van der Waals surface area contributed by atoms with Crippen molar-refractivity contribution in [2.24, 2.45) is 11.3 Å². The second-order valence-electron chi connectivity index (χ2n) is 7.98. The number of hydrogen-bond acceptors (Lipinski definition) is 5. The normalized spacial score (nSPS) is 16.2. The van der Waals surface area contributed by atoms with Gasteiger partial charge in [-0.05, 0) is 24.8 Å². The van der Waals surface area contributed by atoms with Crippen LogP contribution in [0.4, 0.5) is 11.8 Å². The molecule has 1 fully saturated rings. The molecule has 1 saturated heterocycles. The maximum Gasteiger partial charge on any atom is 0.227 e. The highest BCUT2D eigenvalue weighted by molar-refractivity contribution is 5.81. The lowest BCUT2D eigenvalue weighted by Gasteiger charge is -2.35. The van der Waals surface area contributed by atoms with E-state index in [1.165, 1.54) is 0 Å². The van der Waals surface area contributed by atoms with Gasteiger partial charge in [-0.15, -0.1) is 0 Å². The molecular formula is C18H31N5O. The van der Waals surface area contributed by atoms with Crippen molar-refractivity contribution in [2.45, 2.75) is 33.6 Å². The fourth-order valence-corrected chi connectivity index (χ4v) is 3.10. The predicted molar refractivity (Wildman–Crippen MR) is 98.4 cm³/mol. The molecule has 24 heavy (non-hydrogen) atoms. The SMILES string of the molecule is CN(CC1CCN(c2nccc(N(C)C)n2)CC1)C(=O)C(C)(C)C. The number of carbonyl (C=O) groups is 1. The molecule has 0 saturated carbocycles. The topological polar surface area (TPSA) is 52.6 Å². The van der Waals surface area contributed by atoms with Gasteiger partial charge in [0.2, 0.25) is 11.9 Å². The lowest BCUT2D eigenvalue weighted by Crippen LogP contribution is -2.43. The number of piperidine rings is 1. The molecule has 2 rings (SSSR count). The molecule has 0 unspecified atom stereocenters. The summed E-state index contributed by atoms with van der Waals surface area (Å²) in [6.45, 7) is 8.65. The quantitative estimate of drug-likeness (QED) is 0.846. The summed E-state index contributed by atoms with van der Waals surface area (Å²) in [5, 5.41) is 0.